The van der Waals surface area contributed by atoms with E-state index in [1.54, 1.807) is 37.1 Å². The van der Waals surface area contributed by atoms with Crippen LogP contribution < -0.4 is 14.8 Å². The Morgan fingerprint density at radius 1 is 1.11 bits per heavy atom. The molecule has 1 saturated heterocycles. The van der Waals surface area contributed by atoms with Gasteiger partial charge in [0.15, 0.2) is 0 Å². The highest BCUT2D eigenvalue weighted by Crippen LogP contribution is 2.33. The van der Waals surface area contributed by atoms with Gasteiger partial charge in [-0.25, -0.2) is 4.79 Å². The maximum atomic E-state index is 12.0. The third kappa shape index (κ3) is 5.12. The summed E-state index contributed by atoms with van der Waals surface area (Å²) in [6, 6.07) is 13.8. The smallest absolute Gasteiger partial charge is 0.336 e. The van der Waals surface area contributed by atoms with Crippen molar-refractivity contribution in [2.75, 3.05) is 12.9 Å². The van der Waals surface area contributed by atoms with Crippen LogP contribution in [-0.2, 0) is 9.59 Å². The van der Waals surface area contributed by atoms with Crippen molar-refractivity contribution in [3.05, 3.63) is 65.7 Å². The molecule has 0 spiro atoms. The SMILES string of the molecule is COc1ccc(/C=C\C(=O)Oc2ccc(C3NC(C(=O)O)CS3)cc2)cc1. The van der Waals surface area contributed by atoms with Gasteiger partial charge >= 0.3 is 11.9 Å². The first-order valence-corrected chi connectivity index (χ1v) is 9.34. The van der Waals surface area contributed by atoms with Crippen LogP contribution >= 0.6 is 11.8 Å². The van der Waals surface area contributed by atoms with E-state index in [-0.39, 0.29) is 5.37 Å². The van der Waals surface area contributed by atoms with Crippen LogP contribution in [0.5, 0.6) is 11.5 Å². The molecule has 1 fully saturated rings. The molecule has 2 aromatic rings. The Balaban J connectivity index is 1.55. The van der Waals surface area contributed by atoms with Gasteiger partial charge in [0.25, 0.3) is 0 Å². The molecule has 6 nitrogen and oxygen atoms in total. The summed E-state index contributed by atoms with van der Waals surface area (Å²) in [5.74, 6) is 0.379. The minimum absolute atomic E-state index is 0.0779. The first-order chi connectivity index (χ1) is 13.0. The topological polar surface area (TPSA) is 84.9 Å². The molecule has 0 bridgehead atoms. The predicted octanol–water partition coefficient (Wildman–Crippen LogP) is 3.10. The van der Waals surface area contributed by atoms with Crippen molar-refractivity contribution in [2.45, 2.75) is 11.4 Å². The summed E-state index contributed by atoms with van der Waals surface area (Å²) in [7, 11) is 1.60. The lowest BCUT2D eigenvalue weighted by Gasteiger charge is -2.11. The van der Waals surface area contributed by atoms with Crippen molar-refractivity contribution in [1.82, 2.24) is 5.32 Å². The maximum Gasteiger partial charge on any atom is 0.336 e. The quantitative estimate of drug-likeness (QED) is 0.449. The highest BCUT2D eigenvalue weighted by atomic mass is 32.2. The van der Waals surface area contributed by atoms with Crippen molar-refractivity contribution in [3.8, 4) is 11.5 Å². The molecule has 1 aliphatic rings. The molecule has 2 atom stereocenters. The second-order valence-corrected chi connectivity index (χ2v) is 7.01. The molecule has 2 N–H and O–H groups in total. The molecule has 7 heteroatoms. The van der Waals surface area contributed by atoms with Crippen molar-refractivity contribution < 1.29 is 24.2 Å². The monoisotopic (exact) mass is 385 g/mol. The Morgan fingerprint density at radius 3 is 2.37 bits per heavy atom. The largest absolute Gasteiger partial charge is 0.497 e. The van der Waals surface area contributed by atoms with Crippen LogP contribution in [0.3, 0.4) is 0 Å². The summed E-state index contributed by atoms with van der Waals surface area (Å²) in [4.78, 5) is 23.0. The van der Waals surface area contributed by atoms with Gasteiger partial charge in [0.2, 0.25) is 0 Å². The zero-order valence-electron chi connectivity index (χ0n) is 14.6. The Bertz CT molecular complexity index is 832. The van der Waals surface area contributed by atoms with Gasteiger partial charge in [-0.2, -0.15) is 0 Å². The number of nitrogens with one attached hydrogen (secondary N) is 1. The molecule has 0 amide bonds. The molecular formula is C20H19NO5S. The number of hydrogen-bond donors (Lipinski definition) is 2. The lowest BCUT2D eigenvalue weighted by molar-refractivity contribution is -0.138. The average Bonchev–Trinajstić information content (AvgIpc) is 3.18. The number of benzene rings is 2. The molecule has 2 aromatic carbocycles. The highest BCUT2D eigenvalue weighted by molar-refractivity contribution is 7.99. The van der Waals surface area contributed by atoms with Gasteiger partial charge < -0.3 is 14.6 Å². The summed E-state index contributed by atoms with van der Waals surface area (Å²) in [6.45, 7) is 0. The summed E-state index contributed by atoms with van der Waals surface area (Å²) in [5.41, 5.74) is 1.80. The van der Waals surface area contributed by atoms with Crippen LogP contribution in [0.25, 0.3) is 6.08 Å². The van der Waals surface area contributed by atoms with E-state index in [2.05, 4.69) is 5.32 Å². The van der Waals surface area contributed by atoms with Gasteiger partial charge in [0.05, 0.1) is 12.5 Å². The number of carbonyl (C=O) groups excluding carboxylic acids is 1. The number of esters is 1. The number of aliphatic carboxylic acids is 1. The Hall–Kier alpha value is -2.77. The fraction of sp³-hybridized carbons (Fsp3) is 0.200. The second kappa shape index (κ2) is 8.75. The first-order valence-electron chi connectivity index (χ1n) is 8.29. The number of hydrogen-bond acceptors (Lipinski definition) is 6. The molecule has 3 rings (SSSR count). The molecule has 140 valence electrons. The van der Waals surface area contributed by atoms with Gasteiger partial charge in [-0.3, -0.25) is 10.1 Å². The summed E-state index contributed by atoms with van der Waals surface area (Å²) in [6.07, 6.45) is 3.03. The van der Waals surface area contributed by atoms with E-state index in [0.29, 0.717) is 11.5 Å². The Labute approximate surface area is 161 Å². The van der Waals surface area contributed by atoms with Crippen LogP contribution in [0, 0.1) is 0 Å². The summed E-state index contributed by atoms with van der Waals surface area (Å²) < 4.78 is 10.4. The van der Waals surface area contributed by atoms with E-state index in [0.717, 1.165) is 16.9 Å². The number of carboxylic acid groups (broad SMARTS) is 1. The molecule has 0 aromatic heterocycles. The van der Waals surface area contributed by atoms with Crippen molar-refractivity contribution in [3.63, 3.8) is 0 Å². The molecular weight excluding hydrogens is 366 g/mol. The van der Waals surface area contributed by atoms with Crippen molar-refractivity contribution in [1.29, 1.82) is 0 Å². The molecule has 1 aliphatic heterocycles. The number of carboxylic acids is 1. The lowest BCUT2D eigenvalue weighted by Crippen LogP contribution is -2.33. The van der Waals surface area contributed by atoms with Crippen LogP contribution in [-0.4, -0.2) is 35.9 Å². The third-order valence-corrected chi connectivity index (χ3v) is 5.28. The fourth-order valence-corrected chi connectivity index (χ4v) is 3.78. The van der Waals surface area contributed by atoms with E-state index in [1.807, 2.05) is 36.4 Å². The molecule has 0 aliphatic carbocycles. The van der Waals surface area contributed by atoms with E-state index in [1.165, 1.54) is 6.08 Å². The minimum Gasteiger partial charge on any atom is -0.497 e. The summed E-state index contributed by atoms with van der Waals surface area (Å²) >= 11 is 1.54. The van der Waals surface area contributed by atoms with Crippen molar-refractivity contribution >= 4 is 29.8 Å². The molecule has 0 saturated carbocycles. The number of methoxy groups -OCH3 is 1. The average molecular weight is 385 g/mol. The van der Waals surface area contributed by atoms with Crippen LogP contribution in [0.15, 0.2) is 54.6 Å². The highest BCUT2D eigenvalue weighted by Gasteiger charge is 2.30. The lowest BCUT2D eigenvalue weighted by atomic mass is 10.2. The van der Waals surface area contributed by atoms with E-state index in [9.17, 15) is 9.59 Å². The zero-order valence-corrected chi connectivity index (χ0v) is 15.4. The Kier molecular flexibility index (Phi) is 6.16. The van der Waals surface area contributed by atoms with E-state index in [4.69, 9.17) is 14.6 Å². The van der Waals surface area contributed by atoms with Gasteiger partial charge in [-0.1, -0.05) is 24.3 Å². The van der Waals surface area contributed by atoms with Crippen LogP contribution in [0.1, 0.15) is 16.5 Å². The zero-order chi connectivity index (χ0) is 19.2. The second-order valence-electron chi connectivity index (χ2n) is 5.87. The van der Waals surface area contributed by atoms with E-state index < -0.39 is 18.0 Å². The Morgan fingerprint density at radius 2 is 1.78 bits per heavy atom. The van der Waals surface area contributed by atoms with Gasteiger partial charge in [-0.05, 0) is 41.5 Å². The third-order valence-electron chi connectivity index (χ3n) is 4.01. The molecule has 1 heterocycles. The van der Waals surface area contributed by atoms with Gasteiger partial charge in [-0.15, -0.1) is 11.8 Å². The fourth-order valence-electron chi connectivity index (χ4n) is 2.55. The minimum atomic E-state index is -0.848. The molecule has 2 unspecified atom stereocenters. The molecule has 27 heavy (non-hydrogen) atoms. The van der Waals surface area contributed by atoms with Gasteiger partial charge in [0.1, 0.15) is 17.5 Å². The van der Waals surface area contributed by atoms with Crippen LogP contribution in [0.2, 0.25) is 0 Å². The number of carbonyl (C=O) groups is 2. The van der Waals surface area contributed by atoms with Crippen LogP contribution in [0.4, 0.5) is 0 Å². The summed E-state index contributed by atoms with van der Waals surface area (Å²) in [5, 5.41) is 12.0. The predicted molar refractivity (Wildman–Crippen MR) is 104 cm³/mol. The number of rotatable bonds is 6. The maximum absolute atomic E-state index is 12.0. The number of thioether (sulfide) groups is 1. The molecule has 0 radical (unpaired) electrons. The first kappa shape index (κ1) is 19.0. The standard InChI is InChI=1S/C20H19NO5S/c1-25-15-7-2-13(3-8-15)4-11-18(22)26-16-9-5-14(6-10-16)19-21-17(12-27-19)20(23)24/h2-11,17,19,21H,12H2,1H3,(H,23,24)/b11-4-. The normalized spacial score (nSPS) is 19.1. The van der Waals surface area contributed by atoms with E-state index >= 15 is 0 Å². The van der Waals surface area contributed by atoms with Gasteiger partial charge in [0, 0.05) is 11.8 Å². The number of ether oxygens (including phenoxy) is 2. The van der Waals surface area contributed by atoms with Crippen molar-refractivity contribution in [2.24, 2.45) is 0 Å².